The van der Waals surface area contributed by atoms with Crippen molar-refractivity contribution in [3.05, 3.63) is 74.2 Å². The number of nitrogens with zero attached hydrogens (tertiary/aromatic N) is 4. The molecule has 3 aromatic heterocycles. The monoisotopic (exact) mass is 350 g/mol. The number of hydrogen-bond acceptors (Lipinski definition) is 6. The zero-order valence-electron chi connectivity index (χ0n) is 13.2. The van der Waals surface area contributed by atoms with E-state index in [2.05, 4.69) is 25.1 Å². The van der Waals surface area contributed by atoms with E-state index in [1.807, 2.05) is 6.07 Å². The Hall–Kier alpha value is -3.67. The zero-order chi connectivity index (χ0) is 18.3. The second-order valence-corrected chi connectivity index (χ2v) is 5.98. The Morgan fingerprint density at radius 2 is 2.04 bits per heavy atom. The molecule has 0 bridgehead atoms. The summed E-state index contributed by atoms with van der Waals surface area (Å²) < 4.78 is 14.0. The molecule has 1 saturated carbocycles. The minimum Gasteiger partial charge on any atom is -0.313 e. The Kier molecular flexibility index (Phi) is 3.65. The number of nitrogens with one attached hydrogen (secondary N) is 2. The molecule has 3 aromatic rings. The SMILES string of the molecule is N#Cc1nnc(-c2c[nH]c(=O)[nH]c2=O)cc1[C@H]1C[C@@H]1c1ccncc1F. The molecule has 1 fully saturated rings. The van der Waals surface area contributed by atoms with Gasteiger partial charge in [0.2, 0.25) is 0 Å². The number of H-pyrrole nitrogens is 2. The summed E-state index contributed by atoms with van der Waals surface area (Å²) in [5.74, 6) is -0.577. The van der Waals surface area contributed by atoms with Crippen LogP contribution in [0.15, 0.2) is 40.3 Å². The third kappa shape index (κ3) is 2.67. The van der Waals surface area contributed by atoms with Crippen LogP contribution < -0.4 is 11.2 Å². The van der Waals surface area contributed by atoms with Gasteiger partial charge >= 0.3 is 5.69 Å². The topological polar surface area (TPSA) is 128 Å². The Morgan fingerprint density at radius 3 is 2.77 bits per heavy atom. The summed E-state index contributed by atoms with van der Waals surface area (Å²) in [5.41, 5.74) is 0.407. The van der Waals surface area contributed by atoms with Crippen molar-refractivity contribution in [2.45, 2.75) is 18.3 Å². The quantitative estimate of drug-likeness (QED) is 0.730. The molecule has 2 atom stereocenters. The first-order valence-electron chi connectivity index (χ1n) is 7.78. The lowest BCUT2D eigenvalue weighted by Gasteiger charge is -2.06. The van der Waals surface area contributed by atoms with Gasteiger partial charge in [-0.1, -0.05) is 0 Å². The van der Waals surface area contributed by atoms with E-state index in [4.69, 9.17) is 0 Å². The maximum absolute atomic E-state index is 14.0. The first-order chi connectivity index (χ1) is 12.6. The summed E-state index contributed by atoms with van der Waals surface area (Å²) in [5, 5.41) is 17.1. The molecular weight excluding hydrogens is 339 g/mol. The third-order valence-electron chi connectivity index (χ3n) is 4.42. The molecule has 0 aromatic carbocycles. The Labute approximate surface area is 145 Å². The minimum atomic E-state index is -0.629. The number of aromatic nitrogens is 5. The molecule has 0 saturated heterocycles. The molecule has 2 N–H and O–H groups in total. The van der Waals surface area contributed by atoms with Gasteiger partial charge in [-0.2, -0.15) is 5.26 Å². The van der Waals surface area contributed by atoms with Crippen molar-refractivity contribution in [3.8, 4) is 17.3 Å². The summed E-state index contributed by atoms with van der Waals surface area (Å²) in [6.45, 7) is 0. The number of rotatable bonds is 3. The van der Waals surface area contributed by atoms with E-state index in [1.54, 1.807) is 12.1 Å². The van der Waals surface area contributed by atoms with Crippen molar-refractivity contribution in [2.24, 2.45) is 0 Å². The van der Waals surface area contributed by atoms with Gasteiger partial charge in [0, 0.05) is 12.4 Å². The van der Waals surface area contributed by atoms with E-state index in [-0.39, 0.29) is 28.8 Å². The second-order valence-electron chi connectivity index (χ2n) is 5.98. The molecule has 128 valence electrons. The van der Waals surface area contributed by atoms with Gasteiger partial charge in [-0.3, -0.25) is 14.8 Å². The maximum atomic E-state index is 14.0. The fraction of sp³-hybridized carbons (Fsp3) is 0.176. The summed E-state index contributed by atoms with van der Waals surface area (Å²) in [6.07, 6.45) is 4.58. The van der Waals surface area contributed by atoms with Crippen LogP contribution in [0.4, 0.5) is 4.39 Å². The van der Waals surface area contributed by atoms with Crippen molar-refractivity contribution >= 4 is 0 Å². The highest BCUT2D eigenvalue weighted by Gasteiger charge is 2.43. The predicted molar refractivity (Wildman–Crippen MR) is 87.7 cm³/mol. The van der Waals surface area contributed by atoms with Crippen molar-refractivity contribution in [1.82, 2.24) is 25.1 Å². The average molecular weight is 350 g/mol. The molecule has 1 aliphatic carbocycles. The molecule has 3 heterocycles. The first-order valence-corrected chi connectivity index (χ1v) is 7.78. The Bertz CT molecular complexity index is 1160. The second kappa shape index (κ2) is 6.00. The van der Waals surface area contributed by atoms with Crippen molar-refractivity contribution < 1.29 is 4.39 Å². The maximum Gasteiger partial charge on any atom is 0.325 e. The van der Waals surface area contributed by atoms with Crippen LogP contribution in [0.1, 0.15) is 35.1 Å². The molecular formula is C17H11FN6O2. The highest BCUT2D eigenvalue weighted by Crippen LogP contribution is 2.55. The van der Waals surface area contributed by atoms with Crippen LogP contribution in [-0.2, 0) is 0 Å². The minimum absolute atomic E-state index is 0.0870. The van der Waals surface area contributed by atoms with Gasteiger partial charge in [0.05, 0.1) is 11.8 Å². The first kappa shape index (κ1) is 15.8. The lowest BCUT2D eigenvalue weighted by molar-refractivity contribution is 0.603. The molecule has 0 unspecified atom stereocenters. The normalized spacial score (nSPS) is 18.3. The van der Waals surface area contributed by atoms with E-state index < -0.39 is 17.1 Å². The fourth-order valence-electron chi connectivity index (χ4n) is 3.08. The zero-order valence-corrected chi connectivity index (χ0v) is 13.2. The Balaban J connectivity index is 1.75. The standard InChI is InChI=1S/C17H11FN6O2/c18-13-7-20-2-1-8(13)9-3-10(9)11-4-14(23-24-15(11)5-19)12-6-21-17(26)22-16(12)25/h1-2,4,6-7,9-10H,3H2,(H2,21,22,25,26)/t9-,10+/m1/s1. The smallest absolute Gasteiger partial charge is 0.313 e. The summed E-state index contributed by atoms with van der Waals surface area (Å²) in [6, 6.07) is 5.20. The van der Waals surface area contributed by atoms with Gasteiger partial charge in [0.15, 0.2) is 5.69 Å². The predicted octanol–water partition coefficient (Wildman–Crippen LogP) is 1.20. The molecule has 1 aliphatic rings. The molecule has 0 amide bonds. The fourth-order valence-corrected chi connectivity index (χ4v) is 3.08. The van der Waals surface area contributed by atoms with Gasteiger partial charge in [0.25, 0.3) is 5.56 Å². The van der Waals surface area contributed by atoms with Crippen LogP contribution >= 0.6 is 0 Å². The van der Waals surface area contributed by atoms with E-state index in [0.717, 1.165) is 6.20 Å². The lowest BCUT2D eigenvalue weighted by atomic mass is 10.0. The van der Waals surface area contributed by atoms with Gasteiger partial charge in [-0.15, -0.1) is 10.2 Å². The molecule has 0 radical (unpaired) electrons. The molecule has 26 heavy (non-hydrogen) atoms. The van der Waals surface area contributed by atoms with Crippen molar-refractivity contribution in [3.63, 3.8) is 0 Å². The van der Waals surface area contributed by atoms with Crippen LogP contribution in [0.5, 0.6) is 0 Å². The van der Waals surface area contributed by atoms with Gasteiger partial charge in [-0.25, -0.2) is 9.18 Å². The van der Waals surface area contributed by atoms with E-state index in [1.165, 1.54) is 12.4 Å². The van der Waals surface area contributed by atoms with E-state index in [9.17, 15) is 19.2 Å². The van der Waals surface area contributed by atoms with Gasteiger partial charge in [-0.05, 0) is 41.5 Å². The number of pyridine rings is 1. The number of halogens is 1. The lowest BCUT2D eigenvalue weighted by Crippen LogP contribution is -2.23. The molecule has 4 rings (SSSR count). The average Bonchev–Trinajstić information content (AvgIpc) is 3.42. The van der Waals surface area contributed by atoms with Crippen molar-refractivity contribution in [2.75, 3.05) is 0 Å². The van der Waals surface area contributed by atoms with Crippen LogP contribution in [0.25, 0.3) is 11.3 Å². The number of aromatic amines is 2. The molecule has 9 heteroatoms. The number of hydrogen-bond donors (Lipinski definition) is 2. The highest BCUT2D eigenvalue weighted by atomic mass is 19.1. The Morgan fingerprint density at radius 1 is 1.23 bits per heavy atom. The molecule has 0 spiro atoms. The van der Waals surface area contributed by atoms with E-state index >= 15 is 0 Å². The van der Waals surface area contributed by atoms with Gasteiger partial charge in [0.1, 0.15) is 17.6 Å². The highest BCUT2D eigenvalue weighted by molar-refractivity contribution is 5.59. The van der Waals surface area contributed by atoms with Crippen LogP contribution in [0, 0.1) is 17.1 Å². The largest absolute Gasteiger partial charge is 0.325 e. The third-order valence-corrected chi connectivity index (χ3v) is 4.42. The molecule has 0 aliphatic heterocycles. The molecule has 8 nitrogen and oxygen atoms in total. The van der Waals surface area contributed by atoms with Crippen LogP contribution in [0.3, 0.4) is 0 Å². The van der Waals surface area contributed by atoms with E-state index in [0.29, 0.717) is 17.5 Å². The summed E-state index contributed by atoms with van der Waals surface area (Å²) >= 11 is 0. The summed E-state index contributed by atoms with van der Waals surface area (Å²) in [7, 11) is 0. The van der Waals surface area contributed by atoms with Gasteiger partial charge < -0.3 is 4.98 Å². The van der Waals surface area contributed by atoms with Crippen LogP contribution in [-0.4, -0.2) is 25.1 Å². The summed E-state index contributed by atoms with van der Waals surface area (Å²) in [4.78, 5) is 31.3. The number of nitriles is 1. The van der Waals surface area contributed by atoms with Crippen LogP contribution in [0.2, 0.25) is 0 Å². The van der Waals surface area contributed by atoms with Crippen molar-refractivity contribution in [1.29, 1.82) is 5.26 Å².